The summed E-state index contributed by atoms with van der Waals surface area (Å²) >= 11 is 0. The molecule has 0 unspecified atom stereocenters. The Labute approximate surface area is 177 Å². The van der Waals surface area contributed by atoms with E-state index in [1.807, 2.05) is 0 Å². The zero-order chi connectivity index (χ0) is 21.1. The van der Waals surface area contributed by atoms with Gasteiger partial charge in [0, 0.05) is 18.1 Å². The van der Waals surface area contributed by atoms with Crippen LogP contribution in [0.4, 0.5) is 0 Å². The van der Waals surface area contributed by atoms with Gasteiger partial charge in [0.25, 0.3) is 0 Å². The minimum atomic E-state index is -3.87. The molecular formula is C24H28O5S. The van der Waals surface area contributed by atoms with E-state index >= 15 is 0 Å². The van der Waals surface area contributed by atoms with Crippen LogP contribution >= 0.6 is 0 Å². The summed E-state index contributed by atoms with van der Waals surface area (Å²) in [4.78, 5) is 12.9. The molecule has 2 saturated carbocycles. The van der Waals surface area contributed by atoms with Crippen molar-refractivity contribution in [2.45, 2.75) is 74.9 Å². The van der Waals surface area contributed by atoms with Gasteiger partial charge in [-0.05, 0) is 79.0 Å². The van der Waals surface area contributed by atoms with Gasteiger partial charge in [-0.1, -0.05) is 19.1 Å². The summed E-state index contributed by atoms with van der Waals surface area (Å²) in [5.74, 6) is 0.209. The smallest absolute Gasteiger partial charge is 0.218 e. The second kappa shape index (κ2) is 7.06. The topological polar surface area (TPSA) is 84.6 Å². The molecule has 30 heavy (non-hydrogen) atoms. The zero-order valence-corrected chi connectivity index (χ0v) is 18.1. The van der Waals surface area contributed by atoms with E-state index in [1.165, 1.54) is 41.9 Å². The molecule has 3 aliphatic rings. The highest BCUT2D eigenvalue weighted by molar-refractivity contribution is 7.92. The number of aryl methyl sites for hydroxylation is 1. The van der Waals surface area contributed by atoms with E-state index in [9.17, 15) is 18.3 Å². The summed E-state index contributed by atoms with van der Waals surface area (Å²) in [5.41, 5.74) is 4.38. The van der Waals surface area contributed by atoms with Gasteiger partial charge in [0.05, 0.1) is 11.9 Å². The molecule has 1 heterocycles. The van der Waals surface area contributed by atoms with Crippen molar-refractivity contribution in [3.05, 3.63) is 52.3 Å². The third kappa shape index (κ3) is 3.65. The summed E-state index contributed by atoms with van der Waals surface area (Å²) in [6.07, 6.45) is 8.21. The minimum Gasteiger partial charge on any atom is -0.453 e. The van der Waals surface area contributed by atoms with E-state index in [2.05, 4.69) is 19.1 Å². The molecule has 5 rings (SSSR count). The first-order valence-corrected chi connectivity index (χ1v) is 12.6. The van der Waals surface area contributed by atoms with Crippen LogP contribution in [-0.2, 0) is 39.5 Å². The average Bonchev–Trinajstić information content (AvgIpc) is 3.56. The third-order valence-electron chi connectivity index (χ3n) is 7.12. The fourth-order valence-electron chi connectivity index (χ4n) is 4.91. The number of benzene rings is 1. The number of carbonyl (C=O) groups excluding carboxylic acids is 1. The fourth-order valence-corrected chi connectivity index (χ4v) is 6.08. The van der Waals surface area contributed by atoms with Crippen LogP contribution in [0, 0.1) is 5.92 Å². The molecule has 6 heteroatoms. The molecule has 2 aromatic rings. The highest BCUT2D eigenvalue weighted by atomic mass is 32.2. The Balaban J connectivity index is 1.37. The first kappa shape index (κ1) is 20.0. The summed E-state index contributed by atoms with van der Waals surface area (Å²) in [7, 11) is -3.87. The van der Waals surface area contributed by atoms with Gasteiger partial charge in [-0.15, -0.1) is 0 Å². The molecular weight excluding hydrogens is 400 g/mol. The van der Waals surface area contributed by atoms with Gasteiger partial charge in [-0.2, -0.15) is 0 Å². The van der Waals surface area contributed by atoms with Crippen molar-refractivity contribution < 1.29 is 22.7 Å². The van der Waals surface area contributed by atoms with E-state index in [4.69, 9.17) is 4.42 Å². The van der Waals surface area contributed by atoms with Crippen molar-refractivity contribution in [1.82, 2.24) is 0 Å². The van der Waals surface area contributed by atoms with Crippen LogP contribution < -0.4 is 0 Å². The van der Waals surface area contributed by atoms with Gasteiger partial charge >= 0.3 is 0 Å². The van der Waals surface area contributed by atoms with E-state index in [1.54, 1.807) is 0 Å². The Morgan fingerprint density at radius 2 is 2.03 bits per heavy atom. The Bertz CT molecular complexity index is 1100. The molecule has 5 nitrogen and oxygen atoms in total. The van der Waals surface area contributed by atoms with Crippen molar-refractivity contribution >= 4 is 15.6 Å². The predicted octanol–water partition coefficient (Wildman–Crippen LogP) is 3.85. The molecule has 160 valence electrons. The molecule has 0 saturated heterocycles. The number of hydrogen-bond donors (Lipinski definition) is 1. The van der Waals surface area contributed by atoms with Crippen molar-refractivity contribution in [1.29, 1.82) is 0 Å². The molecule has 0 bridgehead atoms. The summed E-state index contributed by atoms with van der Waals surface area (Å²) in [5, 5.41) is 9.93. The highest BCUT2D eigenvalue weighted by Gasteiger charge is 2.44. The molecule has 0 amide bonds. The van der Waals surface area contributed by atoms with E-state index < -0.39 is 21.2 Å². The quantitative estimate of drug-likeness (QED) is 0.690. The van der Waals surface area contributed by atoms with Crippen LogP contribution in [0.2, 0.25) is 0 Å². The number of fused-ring (bicyclic) bond motifs is 1. The molecule has 0 aliphatic heterocycles. The second-order valence-electron chi connectivity index (χ2n) is 9.41. The number of sulfone groups is 1. The molecule has 1 aromatic heterocycles. The Hall–Kier alpha value is -1.92. The number of carbonyl (C=O) groups is 1. The van der Waals surface area contributed by atoms with Gasteiger partial charge in [0.1, 0.15) is 5.75 Å². The van der Waals surface area contributed by atoms with Gasteiger partial charge in [0.15, 0.2) is 5.78 Å². The molecule has 1 N–H and O–H groups in total. The van der Waals surface area contributed by atoms with Crippen molar-refractivity contribution in [2.75, 3.05) is 5.75 Å². The molecule has 2 fully saturated rings. The Morgan fingerprint density at radius 1 is 1.27 bits per heavy atom. The average molecular weight is 429 g/mol. The van der Waals surface area contributed by atoms with Crippen LogP contribution in [0.15, 0.2) is 34.0 Å². The number of hydrogen-bond acceptors (Lipinski definition) is 5. The lowest BCUT2D eigenvalue weighted by molar-refractivity contribution is -0.116. The predicted molar refractivity (Wildman–Crippen MR) is 112 cm³/mol. The van der Waals surface area contributed by atoms with Gasteiger partial charge in [-0.25, -0.2) is 8.42 Å². The maximum Gasteiger partial charge on any atom is 0.218 e. The van der Waals surface area contributed by atoms with Crippen molar-refractivity contribution in [3.63, 3.8) is 0 Å². The van der Waals surface area contributed by atoms with Crippen LogP contribution in [0.5, 0.6) is 0 Å². The highest BCUT2D eigenvalue weighted by Crippen LogP contribution is 2.46. The van der Waals surface area contributed by atoms with Crippen LogP contribution in [0.25, 0.3) is 0 Å². The number of furan rings is 1. The number of Topliss-reactive ketones (excluding diaryl/α,β-unsaturated/α-hetero) is 1. The van der Waals surface area contributed by atoms with Crippen molar-refractivity contribution in [2.24, 2.45) is 5.92 Å². The van der Waals surface area contributed by atoms with Gasteiger partial charge in [-0.3, -0.25) is 4.79 Å². The largest absolute Gasteiger partial charge is 0.453 e. The maximum absolute atomic E-state index is 12.9. The molecule has 0 spiro atoms. The van der Waals surface area contributed by atoms with Gasteiger partial charge in [0.2, 0.25) is 14.9 Å². The van der Waals surface area contributed by atoms with Crippen LogP contribution in [0.1, 0.15) is 72.8 Å². The number of ketones is 1. The normalized spacial score (nSPS) is 20.7. The fraction of sp³-hybridized carbons (Fsp3) is 0.542. The lowest BCUT2D eigenvalue weighted by atomic mass is 9.86. The second-order valence-corrected chi connectivity index (χ2v) is 11.3. The molecule has 3 aliphatic carbocycles. The molecule has 1 aromatic carbocycles. The van der Waals surface area contributed by atoms with Crippen LogP contribution in [-0.4, -0.2) is 25.1 Å². The number of rotatable bonds is 8. The number of aliphatic hydroxyl groups is 1. The summed E-state index contributed by atoms with van der Waals surface area (Å²) < 4.78 is 30.8. The standard InChI is InChI=1S/C24H28O5S/c1-15(16-5-6-16)20-8-7-17-3-2-4-21(17)22(20)12-19(25)14-30(27,28)23-11-18(13-29-23)24(26)9-10-24/h7-8,11,13,15-16,26H,2-6,9-10,12,14H2,1H3/t15-/m1/s1. The lowest BCUT2D eigenvalue weighted by Gasteiger charge is -2.19. The summed E-state index contributed by atoms with van der Waals surface area (Å²) in [6, 6.07) is 5.74. The monoisotopic (exact) mass is 428 g/mol. The van der Waals surface area contributed by atoms with E-state index in [0.717, 1.165) is 24.8 Å². The first-order valence-electron chi connectivity index (χ1n) is 11.0. The van der Waals surface area contributed by atoms with Gasteiger partial charge < -0.3 is 9.52 Å². The zero-order valence-electron chi connectivity index (χ0n) is 17.3. The van der Waals surface area contributed by atoms with Crippen LogP contribution in [0.3, 0.4) is 0 Å². The minimum absolute atomic E-state index is 0.159. The Kier molecular flexibility index (Phi) is 4.71. The maximum atomic E-state index is 12.9. The Morgan fingerprint density at radius 3 is 2.73 bits per heavy atom. The van der Waals surface area contributed by atoms with E-state index in [0.29, 0.717) is 30.2 Å². The lowest BCUT2D eigenvalue weighted by Crippen LogP contribution is -2.20. The molecule has 1 atom stereocenters. The molecule has 0 radical (unpaired) electrons. The van der Waals surface area contributed by atoms with Crippen molar-refractivity contribution in [3.8, 4) is 0 Å². The summed E-state index contributed by atoms with van der Waals surface area (Å²) in [6.45, 7) is 2.23. The first-order chi connectivity index (χ1) is 14.3. The third-order valence-corrected chi connectivity index (χ3v) is 8.65. The van der Waals surface area contributed by atoms with E-state index in [-0.39, 0.29) is 17.3 Å². The SMILES string of the molecule is C[C@@H](c1ccc2c(c1CC(=O)CS(=O)(=O)c1cc(C3(O)CC3)co1)CCC2)C1CC1.